The Morgan fingerprint density at radius 1 is 1.47 bits per heavy atom. The zero-order valence-corrected chi connectivity index (χ0v) is 11.8. The third kappa shape index (κ3) is 3.54. The van der Waals surface area contributed by atoms with Crippen LogP contribution in [-0.2, 0) is 23.6 Å². The Labute approximate surface area is 110 Å². The first kappa shape index (κ1) is 13.1. The van der Waals surface area contributed by atoms with Crippen LogP contribution in [0.25, 0.3) is 0 Å². The minimum atomic E-state index is -0.733. The fraction of sp³-hybridized carbons (Fsp3) is 0.538. The summed E-state index contributed by atoms with van der Waals surface area (Å²) in [5, 5.41) is 4.35. The lowest BCUT2D eigenvalue weighted by Gasteiger charge is -2.18. The topological polar surface area (TPSA) is 29.1 Å². The molecule has 0 heterocycles. The first-order valence-electron chi connectivity index (χ1n) is 5.88. The molecule has 0 amide bonds. The van der Waals surface area contributed by atoms with Crippen molar-refractivity contribution in [2.75, 3.05) is 12.0 Å². The van der Waals surface area contributed by atoms with Gasteiger partial charge in [-0.05, 0) is 43.0 Å². The van der Waals surface area contributed by atoms with Crippen molar-refractivity contribution < 1.29 is 4.21 Å². The highest BCUT2D eigenvalue weighted by atomic mass is 35.5. The van der Waals surface area contributed by atoms with Crippen LogP contribution in [0.5, 0.6) is 0 Å². The van der Waals surface area contributed by atoms with Crippen LogP contribution in [0.4, 0.5) is 0 Å². The fourth-order valence-electron chi connectivity index (χ4n) is 2.51. The molecule has 2 rings (SSSR count). The van der Waals surface area contributed by atoms with Gasteiger partial charge < -0.3 is 5.32 Å². The Balaban J connectivity index is 1.94. The van der Waals surface area contributed by atoms with E-state index in [4.69, 9.17) is 11.6 Å². The van der Waals surface area contributed by atoms with E-state index >= 15 is 0 Å². The minimum absolute atomic E-state index is 0.301. The molecule has 0 bridgehead atoms. The van der Waals surface area contributed by atoms with Gasteiger partial charge >= 0.3 is 0 Å². The van der Waals surface area contributed by atoms with Gasteiger partial charge in [0.25, 0.3) is 0 Å². The smallest absolute Gasteiger partial charge is 0.0408 e. The lowest BCUT2D eigenvalue weighted by atomic mass is 10.1. The number of nitrogens with one attached hydrogen (secondary N) is 1. The molecule has 0 aromatic heterocycles. The van der Waals surface area contributed by atoms with E-state index < -0.39 is 10.8 Å². The van der Waals surface area contributed by atoms with Gasteiger partial charge in [0.15, 0.2) is 0 Å². The van der Waals surface area contributed by atoms with Gasteiger partial charge in [-0.25, -0.2) is 0 Å². The molecular formula is C13H18ClNOS. The number of halogens is 1. The van der Waals surface area contributed by atoms with Crippen molar-refractivity contribution >= 4 is 22.4 Å². The highest BCUT2D eigenvalue weighted by molar-refractivity contribution is 7.84. The fourth-order valence-corrected chi connectivity index (χ4v) is 3.50. The van der Waals surface area contributed by atoms with Crippen LogP contribution in [0.2, 0.25) is 5.02 Å². The predicted octanol–water partition coefficient (Wildman–Crippen LogP) is 2.16. The summed E-state index contributed by atoms with van der Waals surface area (Å²) in [5.74, 6) is 0.716. The zero-order valence-electron chi connectivity index (χ0n) is 10.2. The van der Waals surface area contributed by atoms with Crippen molar-refractivity contribution in [2.24, 2.45) is 0 Å². The average Bonchev–Trinajstić information content (AvgIpc) is 2.57. The van der Waals surface area contributed by atoms with E-state index in [0.29, 0.717) is 17.8 Å². The second-order valence-corrected chi connectivity index (χ2v) is 6.74. The first-order chi connectivity index (χ1) is 8.04. The third-order valence-corrected chi connectivity index (χ3v) is 4.31. The molecule has 4 heteroatoms. The van der Waals surface area contributed by atoms with Crippen molar-refractivity contribution in [1.29, 1.82) is 0 Å². The molecule has 1 aromatic carbocycles. The van der Waals surface area contributed by atoms with E-state index in [1.54, 1.807) is 6.26 Å². The van der Waals surface area contributed by atoms with Crippen molar-refractivity contribution in [2.45, 2.75) is 31.8 Å². The first-order valence-corrected chi connectivity index (χ1v) is 7.98. The molecule has 1 aromatic rings. The largest absolute Gasteiger partial charge is 0.310 e. The monoisotopic (exact) mass is 271 g/mol. The van der Waals surface area contributed by atoms with Gasteiger partial charge in [-0.1, -0.05) is 17.7 Å². The highest BCUT2D eigenvalue weighted by Gasteiger charge is 2.22. The summed E-state index contributed by atoms with van der Waals surface area (Å²) >= 11 is 5.99. The number of benzene rings is 1. The average molecular weight is 272 g/mol. The Hall–Kier alpha value is -0.380. The molecular weight excluding hydrogens is 254 g/mol. The number of hydrogen-bond donors (Lipinski definition) is 1. The van der Waals surface area contributed by atoms with E-state index in [1.807, 2.05) is 6.07 Å². The summed E-state index contributed by atoms with van der Waals surface area (Å²) in [6.07, 6.45) is 3.82. The van der Waals surface area contributed by atoms with Gasteiger partial charge in [-0.3, -0.25) is 4.21 Å². The third-order valence-electron chi connectivity index (χ3n) is 3.11. The van der Waals surface area contributed by atoms with Gasteiger partial charge in [-0.15, -0.1) is 0 Å². The Morgan fingerprint density at radius 2 is 2.18 bits per heavy atom. The highest BCUT2D eigenvalue weighted by Crippen LogP contribution is 2.25. The van der Waals surface area contributed by atoms with Crippen LogP contribution < -0.4 is 5.32 Å². The van der Waals surface area contributed by atoms with Crippen molar-refractivity contribution in [3.8, 4) is 0 Å². The molecule has 3 atom stereocenters. The van der Waals surface area contributed by atoms with Gasteiger partial charge in [-0.2, -0.15) is 0 Å². The molecule has 3 unspecified atom stereocenters. The van der Waals surface area contributed by atoms with E-state index in [1.165, 1.54) is 11.1 Å². The SMILES string of the molecule is CC(CS(C)=O)NC1Cc2ccc(Cl)cc2C1. The maximum absolute atomic E-state index is 11.1. The molecule has 0 saturated carbocycles. The summed E-state index contributed by atoms with van der Waals surface area (Å²) in [6, 6.07) is 6.88. The summed E-state index contributed by atoms with van der Waals surface area (Å²) < 4.78 is 11.1. The molecule has 1 N–H and O–H groups in total. The van der Waals surface area contributed by atoms with Crippen LogP contribution in [-0.4, -0.2) is 28.3 Å². The lowest BCUT2D eigenvalue weighted by Crippen LogP contribution is -2.39. The maximum Gasteiger partial charge on any atom is 0.0408 e. The minimum Gasteiger partial charge on any atom is -0.310 e. The maximum atomic E-state index is 11.1. The number of hydrogen-bond acceptors (Lipinski definition) is 2. The molecule has 2 nitrogen and oxygen atoms in total. The summed E-state index contributed by atoms with van der Waals surface area (Å²) in [6.45, 7) is 2.09. The zero-order chi connectivity index (χ0) is 12.4. The number of rotatable bonds is 4. The van der Waals surface area contributed by atoms with Crippen LogP contribution in [0.1, 0.15) is 18.1 Å². The van der Waals surface area contributed by atoms with Crippen molar-refractivity contribution in [3.63, 3.8) is 0 Å². The summed E-state index contributed by atoms with van der Waals surface area (Å²) in [5.41, 5.74) is 2.73. The molecule has 17 heavy (non-hydrogen) atoms. The normalized spacial score (nSPS) is 22.2. The second kappa shape index (κ2) is 5.51. The van der Waals surface area contributed by atoms with Crippen LogP contribution in [0, 0.1) is 0 Å². The molecule has 0 spiro atoms. The molecule has 0 saturated heterocycles. The molecule has 1 aliphatic rings. The van der Waals surface area contributed by atoms with E-state index in [9.17, 15) is 4.21 Å². The Bertz CT molecular complexity index is 435. The van der Waals surface area contributed by atoms with Crippen molar-refractivity contribution in [1.82, 2.24) is 5.32 Å². The Kier molecular flexibility index (Phi) is 4.23. The van der Waals surface area contributed by atoms with Crippen molar-refractivity contribution in [3.05, 3.63) is 34.3 Å². The van der Waals surface area contributed by atoms with E-state index in [2.05, 4.69) is 24.4 Å². The van der Waals surface area contributed by atoms with Gasteiger partial charge in [0.05, 0.1) is 0 Å². The molecule has 1 aliphatic carbocycles. The molecule has 94 valence electrons. The van der Waals surface area contributed by atoms with Crippen LogP contribution in [0.3, 0.4) is 0 Å². The second-order valence-electron chi connectivity index (χ2n) is 4.83. The van der Waals surface area contributed by atoms with Crippen LogP contribution >= 0.6 is 11.6 Å². The quantitative estimate of drug-likeness (QED) is 0.909. The molecule has 0 fully saturated rings. The molecule has 0 radical (unpaired) electrons. The number of fused-ring (bicyclic) bond motifs is 1. The standard InChI is InChI=1S/C13H18ClNOS/c1-9(8-17(2)16)15-13-6-10-3-4-12(14)5-11(10)7-13/h3-5,9,13,15H,6-8H2,1-2H3. The van der Waals surface area contributed by atoms with Gasteiger partial charge in [0.1, 0.15) is 0 Å². The predicted molar refractivity (Wildman–Crippen MR) is 74.2 cm³/mol. The van der Waals surface area contributed by atoms with Gasteiger partial charge in [0.2, 0.25) is 0 Å². The van der Waals surface area contributed by atoms with E-state index in [-0.39, 0.29) is 0 Å². The summed E-state index contributed by atoms with van der Waals surface area (Å²) in [4.78, 5) is 0. The summed E-state index contributed by atoms with van der Waals surface area (Å²) in [7, 11) is -0.733. The molecule has 0 aliphatic heterocycles. The lowest BCUT2D eigenvalue weighted by molar-refractivity contribution is 0.479. The van der Waals surface area contributed by atoms with Crippen LogP contribution in [0.15, 0.2) is 18.2 Å². The van der Waals surface area contributed by atoms with Gasteiger partial charge in [0, 0.05) is 39.9 Å². The Morgan fingerprint density at radius 3 is 2.88 bits per heavy atom. The van der Waals surface area contributed by atoms with E-state index in [0.717, 1.165) is 17.9 Å².